The molecule has 5 aliphatic rings. The van der Waals surface area contributed by atoms with Crippen LogP contribution in [0.3, 0.4) is 0 Å². The first-order valence-corrected chi connectivity index (χ1v) is 9.41. The number of carbonyl (C=O) groups excluding carboxylic acids is 1. The van der Waals surface area contributed by atoms with Crippen molar-refractivity contribution in [1.29, 1.82) is 0 Å². The molecule has 21 heavy (non-hydrogen) atoms. The van der Waals surface area contributed by atoms with Crippen LogP contribution in [-0.4, -0.2) is 29.8 Å². The Morgan fingerprint density at radius 3 is 2.57 bits per heavy atom. The van der Waals surface area contributed by atoms with E-state index in [1.807, 2.05) is 0 Å². The van der Waals surface area contributed by atoms with Crippen molar-refractivity contribution in [2.24, 2.45) is 28.6 Å². The van der Waals surface area contributed by atoms with Crippen LogP contribution in [0.15, 0.2) is 0 Å². The minimum atomic E-state index is 0.00698. The maximum Gasteiger partial charge on any atom is 0.228 e. The summed E-state index contributed by atoms with van der Waals surface area (Å²) in [6.45, 7) is 4.33. The zero-order valence-electron chi connectivity index (χ0n) is 13.2. The van der Waals surface area contributed by atoms with Gasteiger partial charge in [-0.25, -0.2) is 0 Å². The second-order valence-electron chi connectivity index (χ2n) is 8.97. The van der Waals surface area contributed by atoms with E-state index in [0.29, 0.717) is 23.1 Å². The van der Waals surface area contributed by atoms with Gasteiger partial charge in [0.15, 0.2) is 0 Å². The average Bonchev–Trinajstić information content (AvgIpc) is 2.44. The van der Waals surface area contributed by atoms with Crippen LogP contribution in [0.5, 0.6) is 0 Å². The van der Waals surface area contributed by atoms with Crippen molar-refractivity contribution in [3.63, 3.8) is 0 Å². The Morgan fingerprint density at radius 1 is 1.24 bits per heavy atom. The molecular weight excluding hydrogens is 282 g/mol. The summed E-state index contributed by atoms with van der Waals surface area (Å²) in [5, 5.41) is 0. The molecule has 3 unspecified atom stereocenters. The van der Waals surface area contributed by atoms with Gasteiger partial charge in [0, 0.05) is 19.0 Å². The number of likely N-dealkylation sites (tertiary alicyclic amines) is 1. The number of hydrogen-bond acceptors (Lipinski definition) is 1. The second-order valence-corrected chi connectivity index (χ2v) is 9.27. The van der Waals surface area contributed by atoms with E-state index in [1.165, 1.54) is 38.5 Å². The van der Waals surface area contributed by atoms with Gasteiger partial charge in [-0.05, 0) is 74.5 Å². The Hall–Kier alpha value is -0.240. The Balaban J connectivity index is 1.56. The summed E-state index contributed by atoms with van der Waals surface area (Å²) < 4.78 is 0. The van der Waals surface area contributed by atoms with E-state index in [4.69, 9.17) is 11.6 Å². The van der Waals surface area contributed by atoms with E-state index >= 15 is 0 Å². The summed E-state index contributed by atoms with van der Waals surface area (Å²) in [4.78, 5) is 15.5. The van der Waals surface area contributed by atoms with E-state index in [0.717, 1.165) is 37.8 Å². The quantitative estimate of drug-likeness (QED) is 0.704. The minimum Gasteiger partial charge on any atom is -0.342 e. The lowest BCUT2D eigenvalue weighted by molar-refractivity contribution is -0.167. The van der Waals surface area contributed by atoms with Gasteiger partial charge in [0.25, 0.3) is 0 Å². The van der Waals surface area contributed by atoms with Gasteiger partial charge < -0.3 is 4.90 Å². The van der Waals surface area contributed by atoms with Crippen molar-refractivity contribution >= 4 is 17.5 Å². The molecule has 3 atom stereocenters. The monoisotopic (exact) mass is 309 g/mol. The maximum atomic E-state index is 13.3. The third-order valence-corrected chi connectivity index (χ3v) is 7.27. The zero-order valence-corrected chi connectivity index (χ0v) is 14.0. The lowest BCUT2D eigenvalue weighted by Gasteiger charge is -2.61. The summed E-state index contributed by atoms with van der Waals surface area (Å²) in [5.74, 6) is 3.38. The Kier molecular flexibility index (Phi) is 3.33. The SMILES string of the molecule is CC12CC3CC(C1)CC(C(=O)N1CCCC(CCl)C1)(C3)C2. The molecule has 0 aromatic rings. The Bertz CT molecular complexity index is 434. The van der Waals surface area contributed by atoms with Gasteiger partial charge in [-0.3, -0.25) is 4.79 Å². The summed E-state index contributed by atoms with van der Waals surface area (Å²) in [6.07, 6.45) is 10.0. The number of hydrogen-bond donors (Lipinski definition) is 0. The van der Waals surface area contributed by atoms with Crippen LogP contribution < -0.4 is 0 Å². The molecule has 1 aliphatic heterocycles. The van der Waals surface area contributed by atoms with Crippen molar-refractivity contribution in [2.75, 3.05) is 19.0 Å². The largest absolute Gasteiger partial charge is 0.342 e. The van der Waals surface area contributed by atoms with Gasteiger partial charge in [-0.15, -0.1) is 11.6 Å². The number of rotatable bonds is 2. The van der Waals surface area contributed by atoms with Crippen molar-refractivity contribution in [2.45, 2.75) is 58.3 Å². The highest BCUT2D eigenvalue weighted by molar-refractivity contribution is 6.18. The molecule has 0 N–H and O–H groups in total. The fourth-order valence-corrected chi connectivity index (χ4v) is 6.93. The summed E-state index contributed by atoms with van der Waals surface area (Å²) >= 11 is 6.05. The molecule has 118 valence electrons. The molecule has 4 aliphatic carbocycles. The lowest BCUT2D eigenvalue weighted by Crippen LogP contribution is -2.58. The van der Waals surface area contributed by atoms with Crippen molar-refractivity contribution < 1.29 is 4.79 Å². The molecule has 2 nitrogen and oxygen atoms in total. The number of alkyl halides is 1. The first kappa shape index (κ1) is 14.4. The van der Waals surface area contributed by atoms with Crippen molar-refractivity contribution in [1.82, 2.24) is 4.90 Å². The molecule has 5 fully saturated rings. The Labute approximate surface area is 133 Å². The van der Waals surface area contributed by atoms with Gasteiger partial charge in [0.05, 0.1) is 5.41 Å². The number of halogens is 1. The topological polar surface area (TPSA) is 20.3 Å². The fraction of sp³-hybridized carbons (Fsp3) is 0.944. The molecule has 1 saturated heterocycles. The predicted octanol–water partition coefficient (Wildman–Crippen LogP) is 4.07. The summed E-state index contributed by atoms with van der Waals surface area (Å²) in [5.41, 5.74) is 0.467. The van der Waals surface area contributed by atoms with Crippen molar-refractivity contribution in [3.8, 4) is 0 Å². The minimum absolute atomic E-state index is 0.00698. The van der Waals surface area contributed by atoms with Crippen LogP contribution >= 0.6 is 11.6 Å². The van der Waals surface area contributed by atoms with E-state index in [-0.39, 0.29) is 5.41 Å². The third kappa shape index (κ3) is 2.33. The molecule has 4 bridgehead atoms. The first-order chi connectivity index (χ1) is 10.0. The number of amides is 1. The maximum absolute atomic E-state index is 13.3. The van der Waals surface area contributed by atoms with Crippen LogP contribution in [0.1, 0.15) is 58.3 Å². The van der Waals surface area contributed by atoms with Crippen LogP contribution in [0.2, 0.25) is 0 Å². The fourth-order valence-electron chi connectivity index (χ4n) is 6.68. The molecule has 3 heteroatoms. The number of carbonyl (C=O) groups is 1. The van der Waals surface area contributed by atoms with Crippen LogP contribution in [0.4, 0.5) is 0 Å². The van der Waals surface area contributed by atoms with E-state index in [2.05, 4.69) is 11.8 Å². The highest BCUT2D eigenvalue weighted by Gasteiger charge is 2.59. The highest BCUT2D eigenvalue weighted by atomic mass is 35.5. The van der Waals surface area contributed by atoms with Crippen LogP contribution in [0, 0.1) is 28.6 Å². The highest BCUT2D eigenvalue weighted by Crippen LogP contribution is 2.65. The van der Waals surface area contributed by atoms with E-state index in [9.17, 15) is 4.79 Å². The molecule has 0 aromatic heterocycles. The van der Waals surface area contributed by atoms with Gasteiger partial charge in [0.1, 0.15) is 0 Å². The average molecular weight is 310 g/mol. The van der Waals surface area contributed by atoms with Crippen molar-refractivity contribution in [3.05, 3.63) is 0 Å². The van der Waals surface area contributed by atoms with Crippen LogP contribution in [0.25, 0.3) is 0 Å². The molecule has 5 rings (SSSR count). The molecule has 4 saturated carbocycles. The molecule has 1 amide bonds. The molecule has 0 radical (unpaired) electrons. The molecule has 1 heterocycles. The van der Waals surface area contributed by atoms with Gasteiger partial charge in [0.2, 0.25) is 5.91 Å². The van der Waals surface area contributed by atoms with E-state index < -0.39 is 0 Å². The summed E-state index contributed by atoms with van der Waals surface area (Å²) in [6, 6.07) is 0. The smallest absolute Gasteiger partial charge is 0.228 e. The van der Waals surface area contributed by atoms with Gasteiger partial charge >= 0.3 is 0 Å². The zero-order chi connectivity index (χ0) is 14.7. The molecule has 0 spiro atoms. The summed E-state index contributed by atoms with van der Waals surface area (Å²) in [7, 11) is 0. The van der Waals surface area contributed by atoms with E-state index in [1.54, 1.807) is 0 Å². The normalized spacial score (nSPS) is 48.7. The molecular formula is C18H28ClNO. The van der Waals surface area contributed by atoms with Crippen LogP contribution in [-0.2, 0) is 4.79 Å². The standard InChI is InChI=1S/C18H28ClNO/c1-17-6-14-5-15(7-17)9-18(8-14,12-17)16(21)20-4-2-3-13(10-19)11-20/h13-15H,2-12H2,1H3. The van der Waals surface area contributed by atoms with Gasteiger partial charge in [-0.1, -0.05) is 6.92 Å². The predicted molar refractivity (Wildman–Crippen MR) is 85.2 cm³/mol. The third-order valence-electron chi connectivity index (χ3n) is 6.83. The first-order valence-electron chi connectivity index (χ1n) is 8.87. The van der Waals surface area contributed by atoms with Gasteiger partial charge in [-0.2, -0.15) is 0 Å². The second kappa shape index (κ2) is 4.88. The molecule has 0 aromatic carbocycles. The number of piperidine rings is 1. The lowest BCUT2D eigenvalue weighted by atomic mass is 9.44. The number of nitrogens with zero attached hydrogens (tertiary/aromatic N) is 1. The Morgan fingerprint density at radius 2 is 1.95 bits per heavy atom.